The van der Waals surface area contributed by atoms with E-state index in [1.54, 1.807) is 0 Å². The lowest BCUT2D eigenvalue weighted by Crippen LogP contribution is -2.06. The van der Waals surface area contributed by atoms with Gasteiger partial charge in [0.1, 0.15) is 11.6 Å². The summed E-state index contributed by atoms with van der Waals surface area (Å²) in [6, 6.07) is 55.2. The van der Waals surface area contributed by atoms with E-state index < -0.39 is 0 Å². The molecule has 228 valence electrons. The Balaban J connectivity index is 1.37. The van der Waals surface area contributed by atoms with E-state index in [2.05, 4.69) is 141 Å². The third kappa shape index (κ3) is 3.71. The molecule has 0 atom stereocenters. The van der Waals surface area contributed by atoms with Crippen LogP contribution in [-0.4, -0.2) is 19.9 Å². The van der Waals surface area contributed by atoms with Gasteiger partial charge in [-0.15, -0.1) is 0 Å². The van der Waals surface area contributed by atoms with Crippen molar-refractivity contribution in [2.24, 2.45) is 0 Å². The quantitative estimate of drug-likeness (QED) is 0.194. The van der Waals surface area contributed by atoms with Gasteiger partial charge in [-0.05, 0) is 66.2 Å². The number of rotatable bonds is 4. The van der Waals surface area contributed by atoms with Crippen molar-refractivity contribution >= 4 is 71.6 Å². The first-order valence-electron chi connectivity index (χ1n) is 16.3. The molecular weight excluding hydrogens is 599 g/mol. The minimum atomic E-state index is 0.548. The number of fused-ring (bicyclic) bond motifs is 10. The third-order valence-corrected chi connectivity index (χ3v) is 9.95. The van der Waals surface area contributed by atoms with E-state index in [9.17, 15) is 5.26 Å². The first-order valence-corrected chi connectivity index (χ1v) is 16.3. The number of benzene rings is 7. The Labute approximate surface area is 281 Å². The Kier molecular flexibility index (Phi) is 5.73. The molecule has 0 bridgehead atoms. The molecule has 5 heteroatoms. The van der Waals surface area contributed by atoms with Crippen LogP contribution in [0.1, 0.15) is 11.1 Å². The van der Waals surface area contributed by atoms with Gasteiger partial charge in [-0.2, -0.15) is 5.26 Å². The molecule has 0 radical (unpaired) electrons. The summed E-state index contributed by atoms with van der Waals surface area (Å²) in [6.07, 6.45) is 1.38. The average Bonchev–Trinajstić information content (AvgIpc) is 3.80. The molecule has 0 unspecified atom stereocenters. The molecule has 0 saturated carbocycles. The van der Waals surface area contributed by atoms with Gasteiger partial charge in [0.2, 0.25) is 0 Å². The lowest BCUT2D eigenvalue weighted by molar-refractivity contribution is 1.11. The molecule has 0 aliphatic heterocycles. The minimum Gasteiger partial charge on any atom is -0.309 e. The van der Waals surface area contributed by atoms with E-state index in [0.29, 0.717) is 5.56 Å². The summed E-state index contributed by atoms with van der Waals surface area (Å²) in [5, 5.41) is 26.3. The van der Waals surface area contributed by atoms with Crippen LogP contribution >= 0.6 is 0 Å². The maximum Gasteiger partial charge on any atom is 0.104 e. The maximum atomic E-state index is 11.1. The van der Waals surface area contributed by atoms with Crippen LogP contribution in [0.4, 0.5) is 0 Å². The molecule has 0 aliphatic carbocycles. The number of hydrogen-bond acceptors (Lipinski definition) is 2. The number of nitrogens with one attached hydrogen (secondary N) is 1. The van der Waals surface area contributed by atoms with Crippen LogP contribution in [0.25, 0.3) is 82.5 Å². The Morgan fingerprint density at radius 2 is 0.857 bits per heavy atom. The molecule has 0 fully saturated rings. The van der Waals surface area contributed by atoms with E-state index in [-0.39, 0.29) is 0 Å². The number of aromatic nitrogens is 3. The van der Waals surface area contributed by atoms with Crippen LogP contribution in [0.2, 0.25) is 0 Å². The van der Waals surface area contributed by atoms with Gasteiger partial charge in [-0.1, -0.05) is 91.0 Å². The summed E-state index contributed by atoms with van der Waals surface area (Å²) in [4.78, 5) is 0. The van der Waals surface area contributed by atoms with Crippen molar-refractivity contribution in [2.45, 2.75) is 0 Å². The molecule has 0 saturated heterocycles. The molecule has 3 heterocycles. The Bertz CT molecular complexity index is 2970. The zero-order valence-electron chi connectivity index (χ0n) is 26.3. The summed E-state index contributed by atoms with van der Waals surface area (Å²) in [5.41, 5.74) is 10.2. The van der Waals surface area contributed by atoms with E-state index in [1.165, 1.54) is 17.0 Å². The Morgan fingerprint density at radius 1 is 0.449 bits per heavy atom. The van der Waals surface area contributed by atoms with Gasteiger partial charge in [0, 0.05) is 44.2 Å². The highest BCUT2D eigenvalue weighted by Gasteiger charge is 2.24. The summed E-state index contributed by atoms with van der Waals surface area (Å²) >= 11 is 0. The first-order chi connectivity index (χ1) is 24.3. The number of nitriles is 1. The lowest BCUT2D eigenvalue weighted by Gasteiger charge is -2.17. The van der Waals surface area contributed by atoms with E-state index >= 15 is 0 Å². The molecule has 1 N–H and O–H groups in total. The zero-order chi connectivity index (χ0) is 32.6. The van der Waals surface area contributed by atoms with Gasteiger partial charge in [-0.25, -0.2) is 0 Å². The van der Waals surface area contributed by atoms with Crippen LogP contribution in [0.15, 0.2) is 152 Å². The second kappa shape index (κ2) is 10.3. The van der Waals surface area contributed by atoms with Crippen LogP contribution in [0.5, 0.6) is 0 Å². The second-order valence-electron chi connectivity index (χ2n) is 12.5. The van der Waals surface area contributed by atoms with Crippen molar-refractivity contribution in [3.05, 3.63) is 163 Å². The standard InChI is InChI=1S/C44H27N5/c45-26-28-24-41(48-35-18-8-4-14-30(35)31-15-5-9-19-36(31)48)34(27-46)42(25-28)49-38-21-11-7-17-33(38)44-40(49)23-22-39-43(44)32-16-6-10-20-37(32)47(39)29-12-2-1-3-13-29/h1-26,45H. The van der Waals surface area contributed by atoms with Gasteiger partial charge in [-0.3, -0.25) is 0 Å². The molecular formula is C44H27N5. The summed E-state index contributed by atoms with van der Waals surface area (Å²) < 4.78 is 6.74. The van der Waals surface area contributed by atoms with Gasteiger partial charge < -0.3 is 19.1 Å². The molecule has 3 aromatic heterocycles. The largest absolute Gasteiger partial charge is 0.309 e. The molecule has 0 aliphatic rings. The van der Waals surface area contributed by atoms with Gasteiger partial charge in [0.05, 0.1) is 44.5 Å². The second-order valence-corrected chi connectivity index (χ2v) is 12.5. The molecule has 0 spiro atoms. The Morgan fingerprint density at radius 3 is 1.37 bits per heavy atom. The van der Waals surface area contributed by atoms with Gasteiger partial charge >= 0.3 is 0 Å². The number of nitrogens with zero attached hydrogens (tertiary/aromatic N) is 4. The molecule has 5 nitrogen and oxygen atoms in total. The fraction of sp³-hybridized carbons (Fsp3) is 0. The highest BCUT2D eigenvalue weighted by molar-refractivity contribution is 6.29. The highest BCUT2D eigenvalue weighted by atomic mass is 15.0. The fourth-order valence-corrected chi connectivity index (χ4v) is 8.00. The summed E-state index contributed by atoms with van der Waals surface area (Å²) in [7, 11) is 0. The molecule has 49 heavy (non-hydrogen) atoms. The Hall–Kier alpha value is -6.90. The van der Waals surface area contributed by atoms with Crippen LogP contribution in [0, 0.1) is 16.7 Å². The summed E-state index contributed by atoms with van der Waals surface area (Å²) in [5.74, 6) is 0. The normalized spacial score (nSPS) is 11.7. The van der Waals surface area contributed by atoms with Crippen LogP contribution < -0.4 is 0 Å². The van der Waals surface area contributed by atoms with Crippen molar-refractivity contribution in [1.29, 1.82) is 10.7 Å². The van der Waals surface area contributed by atoms with Crippen molar-refractivity contribution < 1.29 is 0 Å². The zero-order valence-corrected chi connectivity index (χ0v) is 26.3. The third-order valence-electron chi connectivity index (χ3n) is 9.95. The predicted molar refractivity (Wildman–Crippen MR) is 202 cm³/mol. The van der Waals surface area contributed by atoms with Crippen LogP contribution in [0.3, 0.4) is 0 Å². The van der Waals surface area contributed by atoms with E-state index in [4.69, 9.17) is 5.41 Å². The SMILES string of the molecule is N#Cc1c(-n2c3ccccc3c3ccccc32)cc(C=N)cc1-n1c2ccccc2c2c3c4ccccc4n(-c4ccccc4)c3ccc21. The number of hydrogen-bond donors (Lipinski definition) is 1. The fourth-order valence-electron chi connectivity index (χ4n) is 8.00. The van der Waals surface area contributed by atoms with E-state index in [0.717, 1.165) is 77.3 Å². The highest BCUT2D eigenvalue weighted by Crippen LogP contribution is 2.43. The van der Waals surface area contributed by atoms with Crippen LogP contribution in [-0.2, 0) is 0 Å². The van der Waals surface area contributed by atoms with Crippen molar-refractivity contribution in [3.63, 3.8) is 0 Å². The topological polar surface area (TPSA) is 62.4 Å². The maximum absolute atomic E-state index is 11.1. The molecule has 7 aromatic carbocycles. The number of para-hydroxylation sites is 5. The smallest absolute Gasteiger partial charge is 0.104 e. The minimum absolute atomic E-state index is 0.548. The monoisotopic (exact) mass is 625 g/mol. The van der Waals surface area contributed by atoms with Gasteiger partial charge in [0.15, 0.2) is 0 Å². The lowest BCUT2D eigenvalue weighted by atomic mass is 10.0. The first kappa shape index (κ1) is 27.2. The predicted octanol–water partition coefficient (Wildman–Crippen LogP) is 10.8. The summed E-state index contributed by atoms with van der Waals surface area (Å²) in [6.45, 7) is 0. The molecule has 0 amide bonds. The molecule has 10 rings (SSSR count). The average molecular weight is 626 g/mol. The van der Waals surface area contributed by atoms with Gasteiger partial charge in [0.25, 0.3) is 0 Å². The van der Waals surface area contributed by atoms with Crippen molar-refractivity contribution in [2.75, 3.05) is 0 Å². The van der Waals surface area contributed by atoms with E-state index in [1.807, 2.05) is 30.3 Å². The molecule has 10 aromatic rings. The van der Waals surface area contributed by atoms with Crippen molar-refractivity contribution in [3.8, 4) is 23.1 Å². The van der Waals surface area contributed by atoms with Crippen molar-refractivity contribution in [1.82, 2.24) is 13.7 Å².